The van der Waals surface area contributed by atoms with E-state index in [1.807, 2.05) is 6.07 Å². The second kappa shape index (κ2) is 7.05. The predicted octanol–water partition coefficient (Wildman–Crippen LogP) is 4.79. The first-order valence-electron chi connectivity index (χ1n) is 8.05. The van der Waals surface area contributed by atoms with Crippen LogP contribution in [0.2, 0.25) is 0 Å². The molecule has 23 heavy (non-hydrogen) atoms. The van der Waals surface area contributed by atoms with Gasteiger partial charge in [0.25, 0.3) is 0 Å². The van der Waals surface area contributed by atoms with Gasteiger partial charge in [-0.1, -0.05) is 49.9 Å². The highest BCUT2D eigenvalue weighted by Gasteiger charge is 2.02. The third-order valence-corrected chi connectivity index (χ3v) is 3.97. The summed E-state index contributed by atoms with van der Waals surface area (Å²) in [6.45, 7) is 7.69. The van der Waals surface area contributed by atoms with Gasteiger partial charge in [0.2, 0.25) is 0 Å². The van der Waals surface area contributed by atoms with Gasteiger partial charge >= 0.3 is 0 Å². The third kappa shape index (κ3) is 3.95. The van der Waals surface area contributed by atoms with E-state index in [1.165, 1.54) is 16.6 Å². The fraction of sp³-hybridized carbons (Fsp3) is 0.200. The molecule has 0 aliphatic carbocycles. The van der Waals surface area contributed by atoms with Crippen LogP contribution in [0.4, 0.5) is 5.69 Å². The van der Waals surface area contributed by atoms with Crippen molar-refractivity contribution in [2.75, 3.05) is 5.32 Å². The van der Waals surface area contributed by atoms with Crippen LogP contribution < -0.4 is 10.6 Å². The van der Waals surface area contributed by atoms with E-state index in [0.717, 1.165) is 36.4 Å². The first-order valence-corrected chi connectivity index (χ1v) is 8.05. The van der Waals surface area contributed by atoms with Gasteiger partial charge in [-0.2, -0.15) is 0 Å². The summed E-state index contributed by atoms with van der Waals surface area (Å²) in [4.78, 5) is 3.47. The number of H-pyrrole nitrogens is 1. The molecular weight excluding hydrogens is 282 g/mol. The van der Waals surface area contributed by atoms with Crippen molar-refractivity contribution in [2.24, 2.45) is 0 Å². The van der Waals surface area contributed by atoms with Crippen LogP contribution in [-0.2, 0) is 13.1 Å². The van der Waals surface area contributed by atoms with E-state index in [0.29, 0.717) is 0 Å². The zero-order chi connectivity index (χ0) is 16.1. The van der Waals surface area contributed by atoms with Gasteiger partial charge in [-0.05, 0) is 35.6 Å². The van der Waals surface area contributed by atoms with Gasteiger partial charge in [-0.25, -0.2) is 0 Å². The van der Waals surface area contributed by atoms with Gasteiger partial charge < -0.3 is 15.6 Å². The lowest BCUT2D eigenvalue weighted by Gasteiger charge is -2.06. The number of anilines is 1. The zero-order valence-electron chi connectivity index (χ0n) is 13.5. The molecule has 0 saturated heterocycles. The maximum Gasteiger partial charge on any atom is 0.0548 e. The number of aromatic amines is 1. The van der Waals surface area contributed by atoms with Crippen molar-refractivity contribution in [3.63, 3.8) is 0 Å². The van der Waals surface area contributed by atoms with E-state index in [-0.39, 0.29) is 0 Å². The normalized spacial score (nSPS) is 10.7. The van der Waals surface area contributed by atoms with Crippen molar-refractivity contribution >= 4 is 16.6 Å². The van der Waals surface area contributed by atoms with Gasteiger partial charge in [0.1, 0.15) is 0 Å². The monoisotopic (exact) mass is 305 g/mol. The first kappa shape index (κ1) is 15.2. The van der Waals surface area contributed by atoms with Gasteiger partial charge in [-0.15, -0.1) is 0 Å². The molecule has 1 heterocycles. The number of allylic oxidation sites excluding steroid dienone is 1. The number of nitrogens with one attached hydrogen (secondary N) is 3. The van der Waals surface area contributed by atoms with Gasteiger partial charge in [-0.3, -0.25) is 0 Å². The van der Waals surface area contributed by atoms with Gasteiger partial charge in [0, 0.05) is 29.1 Å². The zero-order valence-corrected chi connectivity index (χ0v) is 13.5. The molecule has 0 fully saturated rings. The second-order valence-corrected chi connectivity index (χ2v) is 5.75. The molecule has 0 amide bonds. The smallest absolute Gasteiger partial charge is 0.0548 e. The van der Waals surface area contributed by atoms with Crippen molar-refractivity contribution < 1.29 is 0 Å². The Balaban J connectivity index is 1.67. The number of benzene rings is 2. The summed E-state index contributed by atoms with van der Waals surface area (Å²) in [7, 11) is 0. The van der Waals surface area contributed by atoms with Crippen LogP contribution in [0.3, 0.4) is 0 Å². The van der Waals surface area contributed by atoms with Gasteiger partial charge in [0.15, 0.2) is 0 Å². The highest BCUT2D eigenvalue weighted by atomic mass is 14.9. The van der Waals surface area contributed by atoms with Crippen molar-refractivity contribution in [1.29, 1.82) is 0 Å². The third-order valence-electron chi connectivity index (χ3n) is 3.97. The molecule has 3 N–H and O–H groups in total. The first-order chi connectivity index (χ1) is 11.2. The molecule has 0 unspecified atom stereocenters. The molecular formula is C20H23N3. The molecule has 0 saturated carbocycles. The molecule has 0 aliphatic rings. The lowest BCUT2D eigenvalue weighted by atomic mass is 10.2. The summed E-state index contributed by atoms with van der Waals surface area (Å²) < 4.78 is 0. The maximum atomic E-state index is 3.97. The van der Waals surface area contributed by atoms with E-state index in [2.05, 4.69) is 77.7 Å². The van der Waals surface area contributed by atoms with E-state index in [9.17, 15) is 0 Å². The molecule has 3 aromatic rings. The van der Waals surface area contributed by atoms with Crippen LogP contribution >= 0.6 is 0 Å². The minimum absolute atomic E-state index is 0.786. The summed E-state index contributed by atoms with van der Waals surface area (Å²) in [6, 6.07) is 19.1. The Hall–Kier alpha value is -2.68. The van der Waals surface area contributed by atoms with Crippen molar-refractivity contribution in [3.8, 4) is 0 Å². The average Bonchev–Trinajstić information content (AvgIpc) is 3.01. The van der Waals surface area contributed by atoms with Crippen LogP contribution in [0.15, 0.2) is 66.9 Å². The molecule has 0 atom stereocenters. The molecule has 0 radical (unpaired) electrons. The molecule has 2 aromatic carbocycles. The molecule has 0 spiro atoms. The standard InChI is InChI=1S/C20H23N3/c1-3-15(2)21-14-19-11-17-9-10-18(12-20(17)23-19)22-13-16-7-5-4-6-8-16/h4-12,21-23H,2-3,13-14H2,1H3. The average molecular weight is 305 g/mol. The summed E-state index contributed by atoms with van der Waals surface area (Å²) >= 11 is 0. The highest BCUT2D eigenvalue weighted by molar-refractivity contribution is 5.83. The number of hydrogen-bond acceptors (Lipinski definition) is 2. The summed E-state index contributed by atoms with van der Waals surface area (Å²) in [5, 5.41) is 8.03. The topological polar surface area (TPSA) is 39.8 Å². The molecule has 3 heteroatoms. The van der Waals surface area contributed by atoms with Crippen LogP contribution in [0, 0.1) is 0 Å². The summed E-state index contributed by atoms with van der Waals surface area (Å²) in [5.41, 5.74) is 5.80. The van der Waals surface area contributed by atoms with E-state index in [4.69, 9.17) is 0 Å². The van der Waals surface area contributed by atoms with E-state index < -0.39 is 0 Å². The molecule has 1 aromatic heterocycles. The Kier molecular flexibility index (Phi) is 4.67. The fourth-order valence-corrected chi connectivity index (χ4v) is 2.54. The van der Waals surface area contributed by atoms with Crippen molar-refractivity contribution in [2.45, 2.75) is 26.4 Å². The minimum atomic E-state index is 0.786. The molecule has 0 aliphatic heterocycles. The number of rotatable bonds is 7. The SMILES string of the molecule is C=C(CC)NCc1cc2ccc(NCc3ccccc3)cc2[nH]1. The lowest BCUT2D eigenvalue weighted by Crippen LogP contribution is -2.11. The Labute approximate surface area is 137 Å². The molecule has 3 nitrogen and oxygen atoms in total. The Morgan fingerprint density at radius 3 is 2.65 bits per heavy atom. The molecule has 3 rings (SSSR count). The maximum absolute atomic E-state index is 3.97. The Bertz CT molecular complexity index is 787. The fourth-order valence-electron chi connectivity index (χ4n) is 2.54. The molecule has 118 valence electrons. The Morgan fingerprint density at radius 2 is 1.87 bits per heavy atom. The predicted molar refractivity (Wildman–Crippen MR) is 98.3 cm³/mol. The quantitative estimate of drug-likeness (QED) is 0.587. The van der Waals surface area contributed by atoms with Crippen molar-refractivity contribution in [3.05, 3.63) is 78.1 Å². The number of aromatic nitrogens is 1. The Morgan fingerprint density at radius 1 is 1.04 bits per heavy atom. The molecule has 0 bridgehead atoms. The number of fused-ring (bicyclic) bond motifs is 1. The number of hydrogen-bond donors (Lipinski definition) is 3. The lowest BCUT2D eigenvalue weighted by molar-refractivity contribution is 0.764. The largest absolute Gasteiger partial charge is 0.383 e. The van der Waals surface area contributed by atoms with Crippen LogP contribution in [0.25, 0.3) is 10.9 Å². The second-order valence-electron chi connectivity index (χ2n) is 5.75. The van der Waals surface area contributed by atoms with Crippen LogP contribution in [0.1, 0.15) is 24.6 Å². The summed E-state index contributed by atoms with van der Waals surface area (Å²) in [5.74, 6) is 0. The van der Waals surface area contributed by atoms with Crippen molar-refractivity contribution in [1.82, 2.24) is 10.3 Å². The van der Waals surface area contributed by atoms with E-state index >= 15 is 0 Å². The summed E-state index contributed by atoms with van der Waals surface area (Å²) in [6.07, 6.45) is 0.952. The minimum Gasteiger partial charge on any atom is -0.383 e. The van der Waals surface area contributed by atoms with E-state index in [1.54, 1.807) is 0 Å². The highest BCUT2D eigenvalue weighted by Crippen LogP contribution is 2.20. The van der Waals surface area contributed by atoms with Crippen LogP contribution in [0.5, 0.6) is 0 Å². The van der Waals surface area contributed by atoms with Gasteiger partial charge in [0.05, 0.1) is 6.54 Å². The van der Waals surface area contributed by atoms with Crippen LogP contribution in [-0.4, -0.2) is 4.98 Å².